The van der Waals surface area contributed by atoms with E-state index in [1.54, 1.807) is 0 Å². The van der Waals surface area contributed by atoms with Crippen LogP contribution in [0.5, 0.6) is 0 Å². The van der Waals surface area contributed by atoms with E-state index in [1.165, 1.54) is 37.8 Å². The molecule has 6 nitrogen and oxygen atoms in total. The number of rotatable bonds is 7. The first kappa shape index (κ1) is 25.0. The molecule has 5 rings (SSSR count). The minimum atomic E-state index is -0.0216. The Hall–Kier alpha value is -2.70. The van der Waals surface area contributed by atoms with Crippen molar-refractivity contribution < 1.29 is 9.59 Å². The van der Waals surface area contributed by atoms with Crippen molar-refractivity contribution in [2.75, 3.05) is 44.6 Å². The summed E-state index contributed by atoms with van der Waals surface area (Å²) in [6.07, 6.45) is 6.39. The van der Waals surface area contributed by atoms with Crippen LogP contribution < -0.4 is 5.32 Å². The Labute approximate surface area is 215 Å². The SMILES string of the molecule is O=C(Nc1ccccc1)C1CCN(C(=O)CN2CCC[C@H]2[C@H]2CCCN(Cc3ccccc3)C2)CC1. The molecule has 0 radical (unpaired) electrons. The molecule has 0 unspecified atom stereocenters. The van der Waals surface area contributed by atoms with Crippen LogP contribution >= 0.6 is 0 Å². The monoisotopic (exact) mass is 488 g/mol. The van der Waals surface area contributed by atoms with E-state index in [-0.39, 0.29) is 17.7 Å². The Balaban J connectivity index is 1.09. The first-order valence-electron chi connectivity index (χ1n) is 13.8. The van der Waals surface area contributed by atoms with Crippen LogP contribution in [0.4, 0.5) is 5.69 Å². The highest BCUT2D eigenvalue weighted by molar-refractivity contribution is 5.92. The van der Waals surface area contributed by atoms with E-state index in [0.717, 1.165) is 38.2 Å². The third kappa shape index (κ3) is 6.34. The maximum absolute atomic E-state index is 13.2. The van der Waals surface area contributed by atoms with Gasteiger partial charge in [0.05, 0.1) is 6.54 Å². The molecule has 2 aromatic carbocycles. The Morgan fingerprint density at radius 2 is 1.50 bits per heavy atom. The van der Waals surface area contributed by atoms with Crippen LogP contribution in [-0.2, 0) is 16.1 Å². The summed E-state index contributed by atoms with van der Waals surface area (Å²) >= 11 is 0. The largest absolute Gasteiger partial charge is 0.342 e. The molecule has 6 heteroatoms. The Bertz CT molecular complexity index is 991. The molecule has 0 spiro atoms. The Kier molecular flexibility index (Phi) is 8.34. The fourth-order valence-electron chi connectivity index (χ4n) is 6.40. The third-order valence-corrected chi connectivity index (χ3v) is 8.35. The molecule has 3 aliphatic heterocycles. The number of nitrogens with one attached hydrogen (secondary N) is 1. The fourth-order valence-corrected chi connectivity index (χ4v) is 6.40. The lowest BCUT2D eigenvalue weighted by atomic mass is 9.89. The minimum Gasteiger partial charge on any atom is -0.342 e. The average Bonchev–Trinajstić information content (AvgIpc) is 3.38. The summed E-state index contributed by atoms with van der Waals surface area (Å²) in [6.45, 7) is 6.24. The number of para-hydroxylation sites is 1. The van der Waals surface area contributed by atoms with E-state index in [1.807, 2.05) is 35.2 Å². The molecular weight excluding hydrogens is 448 g/mol. The molecule has 3 fully saturated rings. The standard InChI is InChI=1S/C30H40N4O2/c35-29(33-19-15-25(16-20-33)30(36)31-27-12-5-2-6-13-27)23-34-18-8-14-28(34)26-11-7-17-32(22-26)21-24-9-3-1-4-10-24/h1-6,9-10,12-13,25-26,28H,7-8,11,14-23H2,(H,31,36)/t26-,28-/m0/s1. The van der Waals surface area contributed by atoms with Gasteiger partial charge in [-0.25, -0.2) is 0 Å². The van der Waals surface area contributed by atoms with Crippen LogP contribution in [0.1, 0.15) is 44.1 Å². The number of nitrogens with zero attached hydrogens (tertiary/aromatic N) is 3. The zero-order chi connectivity index (χ0) is 24.7. The zero-order valence-corrected chi connectivity index (χ0v) is 21.4. The van der Waals surface area contributed by atoms with Crippen LogP contribution in [0, 0.1) is 11.8 Å². The summed E-state index contributed by atoms with van der Waals surface area (Å²) in [4.78, 5) is 32.9. The maximum Gasteiger partial charge on any atom is 0.236 e. The van der Waals surface area contributed by atoms with Crippen molar-refractivity contribution in [2.24, 2.45) is 11.8 Å². The van der Waals surface area contributed by atoms with Crippen molar-refractivity contribution in [3.05, 3.63) is 66.2 Å². The number of piperidine rings is 2. The molecule has 0 aliphatic carbocycles. The van der Waals surface area contributed by atoms with E-state index in [0.29, 0.717) is 31.6 Å². The lowest BCUT2D eigenvalue weighted by Crippen LogP contribution is -2.49. The lowest BCUT2D eigenvalue weighted by Gasteiger charge is -2.39. The van der Waals surface area contributed by atoms with E-state index in [9.17, 15) is 9.59 Å². The van der Waals surface area contributed by atoms with Gasteiger partial charge in [-0.05, 0) is 75.2 Å². The first-order chi connectivity index (χ1) is 17.7. The zero-order valence-electron chi connectivity index (χ0n) is 21.4. The van der Waals surface area contributed by atoms with Gasteiger partial charge in [0.1, 0.15) is 0 Å². The summed E-state index contributed by atoms with van der Waals surface area (Å²) in [7, 11) is 0. The van der Waals surface area contributed by atoms with E-state index < -0.39 is 0 Å². The summed E-state index contributed by atoms with van der Waals surface area (Å²) in [5.41, 5.74) is 2.23. The number of likely N-dealkylation sites (tertiary alicyclic amines) is 3. The highest BCUT2D eigenvalue weighted by Gasteiger charge is 2.36. The van der Waals surface area contributed by atoms with Gasteiger partial charge in [0.15, 0.2) is 0 Å². The Morgan fingerprint density at radius 3 is 2.25 bits per heavy atom. The summed E-state index contributed by atoms with van der Waals surface area (Å²) in [5, 5.41) is 3.02. The lowest BCUT2D eigenvalue weighted by molar-refractivity contribution is -0.136. The van der Waals surface area contributed by atoms with Gasteiger partial charge in [0.2, 0.25) is 11.8 Å². The van der Waals surface area contributed by atoms with Crippen LogP contribution in [0.3, 0.4) is 0 Å². The van der Waals surface area contributed by atoms with Crippen molar-refractivity contribution in [1.29, 1.82) is 0 Å². The average molecular weight is 489 g/mol. The molecule has 0 aromatic heterocycles. The number of hydrogen-bond acceptors (Lipinski definition) is 4. The molecule has 36 heavy (non-hydrogen) atoms. The normalized spacial score (nSPS) is 24.1. The number of hydrogen-bond donors (Lipinski definition) is 1. The molecule has 3 saturated heterocycles. The number of benzene rings is 2. The number of amides is 2. The van der Waals surface area contributed by atoms with E-state index in [2.05, 4.69) is 45.4 Å². The molecular formula is C30H40N4O2. The van der Waals surface area contributed by atoms with Crippen molar-refractivity contribution in [3.8, 4) is 0 Å². The van der Waals surface area contributed by atoms with Crippen molar-refractivity contribution >= 4 is 17.5 Å². The molecule has 1 N–H and O–H groups in total. The highest BCUT2D eigenvalue weighted by atomic mass is 16.2. The van der Waals surface area contributed by atoms with Gasteiger partial charge in [-0.15, -0.1) is 0 Å². The van der Waals surface area contributed by atoms with Crippen LogP contribution in [0.2, 0.25) is 0 Å². The second-order valence-electron chi connectivity index (χ2n) is 10.8. The third-order valence-electron chi connectivity index (χ3n) is 8.35. The maximum atomic E-state index is 13.2. The number of carbonyl (C=O) groups is 2. The van der Waals surface area contributed by atoms with Crippen LogP contribution in [0.15, 0.2) is 60.7 Å². The molecule has 2 amide bonds. The predicted molar refractivity (Wildman–Crippen MR) is 143 cm³/mol. The van der Waals surface area contributed by atoms with Crippen LogP contribution in [0.25, 0.3) is 0 Å². The van der Waals surface area contributed by atoms with E-state index in [4.69, 9.17) is 0 Å². The number of carbonyl (C=O) groups excluding carboxylic acids is 2. The second-order valence-corrected chi connectivity index (χ2v) is 10.8. The summed E-state index contributed by atoms with van der Waals surface area (Å²) < 4.78 is 0. The van der Waals surface area contributed by atoms with Crippen molar-refractivity contribution in [2.45, 2.75) is 51.1 Å². The van der Waals surface area contributed by atoms with Gasteiger partial charge in [0.25, 0.3) is 0 Å². The van der Waals surface area contributed by atoms with Gasteiger partial charge in [0, 0.05) is 43.8 Å². The van der Waals surface area contributed by atoms with Crippen LogP contribution in [-0.4, -0.2) is 71.8 Å². The van der Waals surface area contributed by atoms with Gasteiger partial charge >= 0.3 is 0 Å². The molecule has 2 atom stereocenters. The molecule has 0 bridgehead atoms. The summed E-state index contributed by atoms with van der Waals surface area (Å²) in [5.74, 6) is 0.933. The summed E-state index contributed by atoms with van der Waals surface area (Å²) in [6, 6.07) is 20.9. The smallest absolute Gasteiger partial charge is 0.236 e. The quantitative estimate of drug-likeness (QED) is 0.633. The molecule has 192 valence electrons. The fraction of sp³-hybridized carbons (Fsp3) is 0.533. The Morgan fingerprint density at radius 1 is 0.806 bits per heavy atom. The van der Waals surface area contributed by atoms with Gasteiger partial charge in [-0.3, -0.25) is 19.4 Å². The predicted octanol–water partition coefficient (Wildman–Crippen LogP) is 4.24. The minimum absolute atomic E-state index is 0.0216. The first-order valence-corrected chi connectivity index (χ1v) is 13.8. The van der Waals surface area contributed by atoms with Gasteiger partial charge < -0.3 is 10.2 Å². The van der Waals surface area contributed by atoms with Crippen molar-refractivity contribution in [1.82, 2.24) is 14.7 Å². The molecule has 3 heterocycles. The topological polar surface area (TPSA) is 55.9 Å². The highest BCUT2D eigenvalue weighted by Crippen LogP contribution is 2.31. The van der Waals surface area contributed by atoms with E-state index >= 15 is 0 Å². The van der Waals surface area contributed by atoms with Gasteiger partial charge in [-0.1, -0.05) is 48.5 Å². The number of anilines is 1. The van der Waals surface area contributed by atoms with Crippen molar-refractivity contribution in [3.63, 3.8) is 0 Å². The second kappa shape index (κ2) is 12.0. The molecule has 0 saturated carbocycles. The molecule has 3 aliphatic rings. The van der Waals surface area contributed by atoms with Gasteiger partial charge in [-0.2, -0.15) is 0 Å². The molecule has 2 aromatic rings.